The highest BCUT2D eigenvalue weighted by molar-refractivity contribution is 6.38. The fourth-order valence-electron chi connectivity index (χ4n) is 6.39. The van der Waals surface area contributed by atoms with Gasteiger partial charge in [0.2, 0.25) is 0 Å². The van der Waals surface area contributed by atoms with E-state index in [1.807, 2.05) is 0 Å². The summed E-state index contributed by atoms with van der Waals surface area (Å²) in [4.78, 5) is 22.3. The second-order valence-electron chi connectivity index (χ2n) is 11.9. The number of pyridine rings is 2. The lowest BCUT2D eigenvalue weighted by molar-refractivity contribution is -0.131. The first-order valence-electron chi connectivity index (χ1n) is 14.3. The van der Waals surface area contributed by atoms with E-state index >= 15 is 0 Å². The van der Waals surface area contributed by atoms with Gasteiger partial charge in [0.15, 0.2) is 0 Å². The summed E-state index contributed by atoms with van der Waals surface area (Å²) in [6, 6.07) is 1.67. The molecular weight excluding hydrogens is 563 g/mol. The highest BCUT2D eigenvalue weighted by Crippen LogP contribution is 2.54. The van der Waals surface area contributed by atoms with Crippen molar-refractivity contribution in [1.29, 1.82) is 0 Å². The average molecular weight is 594 g/mol. The predicted molar refractivity (Wildman–Crippen MR) is 154 cm³/mol. The third kappa shape index (κ3) is 4.98. The van der Waals surface area contributed by atoms with Crippen LogP contribution in [0.2, 0.25) is 10.0 Å². The number of hydrogen-bond acceptors (Lipinski definition) is 7. The van der Waals surface area contributed by atoms with Crippen molar-refractivity contribution in [2.75, 3.05) is 18.0 Å². The van der Waals surface area contributed by atoms with Crippen LogP contribution in [0.1, 0.15) is 91.0 Å². The maximum absolute atomic E-state index is 11.6. The molecule has 0 spiro atoms. The van der Waals surface area contributed by atoms with Gasteiger partial charge in [0.1, 0.15) is 17.3 Å². The lowest BCUT2D eigenvalue weighted by Gasteiger charge is -2.51. The van der Waals surface area contributed by atoms with Crippen LogP contribution in [-0.4, -0.2) is 44.9 Å². The zero-order valence-electron chi connectivity index (χ0n) is 22.6. The number of halogens is 2. The monoisotopic (exact) mass is 592 g/mol. The van der Waals surface area contributed by atoms with Crippen molar-refractivity contribution in [2.45, 2.75) is 75.9 Å². The van der Waals surface area contributed by atoms with Crippen molar-refractivity contribution in [3.63, 3.8) is 0 Å². The van der Waals surface area contributed by atoms with Crippen molar-refractivity contribution in [3.05, 3.63) is 57.2 Å². The quantitative estimate of drug-likeness (QED) is 0.296. The third-order valence-corrected chi connectivity index (χ3v) is 9.86. The van der Waals surface area contributed by atoms with E-state index in [2.05, 4.69) is 31.9 Å². The van der Waals surface area contributed by atoms with Crippen molar-refractivity contribution in [3.8, 4) is 23.1 Å². The van der Waals surface area contributed by atoms with Gasteiger partial charge in [0.25, 0.3) is 0 Å². The number of fused-ring (bicyclic) bond motifs is 3. The number of rotatable bonds is 7. The molecule has 4 saturated carbocycles. The molecule has 1 N–H and O–H groups in total. The number of aromatic nitrogens is 3. The van der Waals surface area contributed by atoms with Crippen LogP contribution in [0.5, 0.6) is 0 Å². The number of ether oxygens (including phenoxy) is 1. The van der Waals surface area contributed by atoms with E-state index in [0.717, 1.165) is 88.0 Å². The standard InChI is InChI=1S/C31H30Cl2N4O4/c32-23-16-34-17-24(33)25(23)26-22(27(41-36-26)19-2-3-19)18-40-31-9-6-30(7-10-31,8-11-31)5-4-20-14-21(29(38)39)15-35-28(20)37-12-1-13-37/h14-17,19H,1-3,6-13,18H2,(H,38,39). The van der Waals surface area contributed by atoms with Gasteiger partial charge < -0.3 is 19.3 Å². The summed E-state index contributed by atoms with van der Waals surface area (Å²) >= 11 is 13.0. The Morgan fingerprint density at radius 3 is 2.41 bits per heavy atom. The third-order valence-electron chi connectivity index (χ3n) is 9.29. The highest BCUT2D eigenvalue weighted by Gasteiger charge is 2.49. The fraction of sp³-hybridized carbons (Fsp3) is 0.484. The lowest BCUT2D eigenvalue weighted by atomic mass is 9.59. The number of hydrogen-bond donors (Lipinski definition) is 1. The molecule has 4 heterocycles. The number of carboxylic acid groups (broad SMARTS) is 1. The van der Waals surface area contributed by atoms with Crippen LogP contribution in [0.3, 0.4) is 0 Å². The largest absolute Gasteiger partial charge is 0.478 e. The summed E-state index contributed by atoms with van der Waals surface area (Å²) in [5.74, 6) is 8.00. The molecule has 3 aromatic heterocycles. The number of carboxylic acids is 1. The van der Waals surface area contributed by atoms with E-state index in [0.29, 0.717) is 39.4 Å². The molecule has 1 saturated heterocycles. The molecule has 4 aliphatic carbocycles. The average Bonchev–Trinajstić information content (AvgIpc) is 3.71. The smallest absolute Gasteiger partial charge is 0.337 e. The summed E-state index contributed by atoms with van der Waals surface area (Å²) < 4.78 is 12.6. The lowest BCUT2D eigenvalue weighted by Crippen LogP contribution is -2.47. The maximum Gasteiger partial charge on any atom is 0.337 e. The normalized spacial score (nSPS) is 25.0. The minimum atomic E-state index is -0.986. The van der Waals surface area contributed by atoms with E-state index in [-0.39, 0.29) is 16.6 Å². The van der Waals surface area contributed by atoms with Gasteiger partial charge >= 0.3 is 5.97 Å². The Hall–Kier alpha value is -3.12. The van der Waals surface area contributed by atoms with Gasteiger partial charge in [-0.2, -0.15) is 0 Å². The van der Waals surface area contributed by atoms with Gasteiger partial charge in [0.05, 0.1) is 33.4 Å². The summed E-state index contributed by atoms with van der Waals surface area (Å²) in [6.45, 7) is 2.25. The molecule has 0 unspecified atom stereocenters. The van der Waals surface area contributed by atoms with E-state index in [1.165, 1.54) is 6.20 Å². The molecule has 3 aromatic rings. The van der Waals surface area contributed by atoms with Crippen LogP contribution < -0.4 is 4.90 Å². The molecule has 0 amide bonds. The molecule has 10 heteroatoms. The first kappa shape index (κ1) is 26.8. The molecule has 212 valence electrons. The topological polar surface area (TPSA) is 102 Å². The van der Waals surface area contributed by atoms with E-state index in [4.69, 9.17) is 32.5 Å². The van der Waals surface area contributed by atoms with Crippen LogP contribution in [-0.2, 0) is 11.3 Å². The number of carbonyl (C=O) groups is 1. The van der Waals surface area contributed by atoms with Gasteiger partial charge in [0, 0.05) is 54.1 Å². The Bertz CT molecular complexity index is 1540. The molecule has 5 fully saturated rings. The van der Waals surface area contributed by atoms with Crippen molar-refractivity contribution >= 4 is 35.0 Å². The summed E-state index contributed by atoms with van der Waals surface area (Å²) in [6.07, 6.45) is 13.4. The summed E-state index contributed by atoms with van der Waals surface area (Å²) in [5, 5.41) is 14.8. The molecule has 0 radical (unpaired) electrons. The van der Waals surface area contributed by atoms with Crippen molar-refractivity contribution in [2.24, 2.45) is 5.41 Å². The molecule has 8 rings (SSSR count). The maximum atomic E-state index is 11.6. The Morgan fingerprint density at radius 1 is 1.10 bits per heavy atom. The number of anilines is 1. The Labute approximate surface area is 248 Å². The molecule has 0 aromatic carbocycles. The Morgan fingerprint density at radius 2 is 1.80 bits per heavy atom. The zero-order chi connectivity index (χ0) is 28.2. The van der Waals surface area contributed by atoms with Crippen LogP contribution in [0, 0.1) is 17.3 Å². The van der Waals surface area contributed by atoms with Gasteiger partial charge in [-0.1, -0.05) is 40.2 Å². The van der Waals surface area contributed by atoms with E-state index in [9.17, 15) is 9.90 Å². The minimum Gasteiger partial charge on any atom is -0.478 e. The number of nitrogens with zero attached hydrogens (tertiary/aromatic N) is 4. The molecular formula is C31H30Cl2N4O4. The molecule has 8 nitrogen and oxygen atoms in total. The minimum absolute atomic E-state index is 0.0871. The number of aromatic carboxylic acids is 1. The molecule has 0 atom stereocenters. The second-order valence-corrected chi connectivity index (χ2v) is 12.7. The van der Waals surface area contributed by atoms with Crippen LogP contribution in [0.25, 0.3) is 11.3 Å². The molecule has 5 aliphatic rings. The Kier molecular flexibility index (Phi) is 6.72. The summed E-state index contributed by atoms with van der Waals surface area (Å²) in [7, 11) is 0. The molecule has 2 bridgehead atoms. The van der Waals surface area contributed by atoms with Gasteiger partial charge in [-0.15, -0.1) is 0 Å². The van der Waals surface area contributed by atoms with Crippen LogP contribution >= 0.6 is 23.2 Å². The second kappa shape index (κ2) is 10.3. The first-order chi connectivity index (χ1) is 19.9. The van der Waals surface area contributed by atoms with Crippen molar-refractivity contribution in [1.82, 2.24) is 15.1 Å². The SMILES string of the molecule is O=C(O)c1cnc(N2CCC2)c(C#CC23CCC(OCc4c(-c5c(Cl)cncc5Cl)noc4C4CC4)(CC2)CC3)c1. The Balaban J connectivity index is 1.09. The molecule has 1 aliphatic heterocycles. The summed E-state index contributed by atoms with van der Waals surface area (Å²) in [5.41, 5.74) is 2.79. The van der Waals surface area contributed by atoms with Crippen LogP contribution in [0.15, 0.2) is 29.2 Å². The van der Waals surface area contributed by atoms with E-state index in [1.54, 1.807) is 18.5 Å². The van der Waals surface area contributed by atoms with Gasteiger partial charge in [-0.25, -0.2) is 9.78 Å². The zero-order valence-corrected chi connectivity index (χ0v) is 24.1. The van der Waals surface area contributed by atoms with Gasteiger partial charge in [-0.3, -0.25) is 4.98 Å². The first-order valence-corrected chi connectivity index (χ1v) is 15.0. The highest BCUT2D eigenvalue weighted by atomic mass is 35.5. The van der Waals surface area contributed by atoms with Crippen molar-refractivity contribution < 1.29 is 19.2 Å². The molecule has 41 heavy (non-hydrogen) atoms. The fourth-order valence-corrected chi connectivity index (χ4v) is 6.93. The van der Waals surface area contributed by atoms with Crippen LogP contribution in [0.4, 0.5) is 5.82 Å². The van der Waals surface area contributed by atoms with Gasteiger partial charge in [-0.05, 0) is 63.9 Å². The van der Waals surface area contributed by atoms with E-state index < -0.39 is 5.97 Å². The predicted octanol–water partition coefficient (Wildman–Crippen LogP) is 6.89.